The Labute approximate surface area is 116 Å². The zero-order valence-corrected chi connectivity index (χ0v) is 11.2. The van der Waals surface area contributed by atoms with Gasteiger partial charge in [-0.05, 0) is 40.2 Å². The molecule has 2 aromatic carbocycles. The van der Waals surface area contributed by atoms with Gasteiger partial charge in [0.05, 0.1) is 15.7 Å². The van der Waals surface area contributed by atoms with Crippen LogP contribution in [0.4, 0.5) is 20.2 Å². The molecule has 0 aliphatic heterocycles. The molecule has 0 unspecified atom stereocenters. The van der Waals surface area contributed by atoms with E-state index in [1.54, 1.807) is 12.1 Å². The minimum atomic E-state index is -0.839. The van der Waals surface area contributed by atoms with E-state index >= 15 is 0 Å². The van der Waals surface area contributed by atoms with Gasteiger partial charge in [0, 0.05) is 11.8 Å². The maximum absolute atomic E-state index is 13.4. The molecular weight excluding hydrogens is 318 g/mol. The normalized spacial score (nSPS) is 10.3. The summed E-state index contributed by atoms with van der Waals surface area (Å²) in [6.45, 7) is 0. The third-order valence-corrected chi connectivity index (χ3v) is 3.34. The van der Waals surface area contributed by atoms with Crippen molar-refractivity contribution in [1.29, 1.82) is 0 Å². The molecule has 2 aromatic rings. The molecule has 0 radical (unpaired) electrons. The Morgan fingerprint density at radius 2 is 1.95 bits per heavy atom. The summed E-state index contributed by atoms with van der Waals surface area (Å²) in [6, 6.07) is 7.69. The molecule has 6 heteroatoms. The molecule has 1 amide bonds. The molecule has 0 fully saturated rings. The van der Waals surface area contributed by atoms with Crippen LogP contribution in [0.2, 0.25) is 0 Å². The molecule has 19 heavy (non-hydrogen) atoms. The van der Waals surface area contributed by atoms with Crippen LogP contribution in [0.1, 0.15) is 10.4 Å². The molecule has 98 valence electrons. The van der Waals surface area contributed by atoms with Gasteiger partial charge < -0.3 is 11.1 Å². The smallest absolute Gasteiger partial charge is 0.256 e. The fourth-order valence-electron chi connectivity index (χ4n) is 1.51. The van der Waals surface area contributed by atoms with Gasteiger partial charge in [0.2, 0.25) is 0 Å². The fraction of sp³-hybridized carbons (Fsp3) is 0. The molecule has 0 bridgehead atoms. The zero-order chi connectivity index (χ0) is 14.0. The molecule has 0 saturated heterocycles. The van der Waals surface area contributed by atoms with Gasteiger partial charge in [-0.3, -0.25) is 4.79 Å². The van der Waals surface area contributed by atoms with Crippen molar-refractivity contribution in [2.45, 2.75) is 0 Å². The van der Waals surface area contributed by atoms with Crippen LogP contribution in [0.3, 0.4) is 0 Å². The second kappa shape index (κ2) is 5.36. The average molecular weight is 327 g/mol. The SMILES string of the molecule is Nc1cccc(C(=O)Nc2ccc(F)cc2F)c1Br. The van der Waals surface area contributed by atoms with E-state index < -0.39 is 17.5 Å². The van der Waals surface area contributed by atoms with E-state index in [9.17, 15) is 13.6 Å². The van der Waals surface area contributed by atoms with Crippen molar-refractivity contribution in [1.82, 2.24) is 0 Å². The summed E-state index contributed by atoms with van der Waals surface area (Å²) < 4.78 is 26.6. The summed E-state index contributed by atoms with van der Waals surface area (Å²) in [5.74, 6) is -2.08. The van der Waals surface area contributed by atoms with Gasteiger partial charge in [-0.2, -0.15) is 0 Å². The second-order valence-electron chi connectivity index (χ2n) is 3.79. The van der Waals surface area contributed by atoms with Crippen LogP contribution in [0.15, 0.2) is 40.9 Å². The van der Waals surface area contributed by atoms with Crippen molar-refractivity contribution < 1.29 is 13.6 Å². The fourth-order valence-corrected chi connectivity index (χ4v) is 1.95. The van der Waals surface area contributed by atoms with Crippen LogP contribution in [-0.2, 0) is 0 Å². The molecule has 0 atom stereocenters. The highest BCUT2D eigenvalue weighted by molar-refractivity contribution is 9.10. The van der Waals surface area contributed by atoms with Gasteiger partial charge in [-0.1, -0.05) is 6.07 Å². The summed E-state index contributed by atoms with van der Waals surface area (Å²) in [5, 5.41) is 2.36. The first-order chi connectivity index (χ1) is 8.99. The Kier molecular flexibility index (Phi) is 3.80. The van der Waals surface area contributed by atoms with Gasteiger partial charge in [-0.15, -0.1) is 0 Å². The summed E-state index contributed by atoms with van der Waals surface area (Å²) in [6.07, 6.45) is 0. The van der Waals surface area contributed by atoms with Crippen molar-refractivity contribution >= 4 is 33.2 Å². The number of rotatable bonds is 2. The van der Waals surface area contributed by atoms with Gasteiger partial charge in [-0.25, -0.2) is 8.78 Å². The van der Waals surface area contributed by atoms with Gasteiger partial charge in [0.1, 0.15) is 11.6 Å². The number of nitrogens with one attached hydrogen (secondary N) is 1. The number of carbonyl (C=O) groups is 1. The summed E-state index contributed by atoms with van der Waals surface area (Å²) in [7, 11) is 0. The van der Waals surface area contributed by atoms with E-state index in [-0.39, 0.29) is 11.3 Å². The van der Waals surface area contributed by atoms with E-state index in [1.807, 2.05) is 0 Å². The van der Waals surface area contributed by atoms with Crippen LogP contribution in [-0.4, -0.2) is 5.91 Å². The summed E-state index contributed by atoms with van der Waals surface area (Å²) >= 11 is 3.18. The number of halogens is 3. The van der Waals surface area contributed by atoms with E-state index in [2.05, 4.69) is 21.2 Å². The number of benzene rings is 2. The first-order valence-electron chi connectivity index (χ1n) is 5.29. The number of hydrogen-bond donors (Lipinski definition) is 2. The number of nitrogen functional groups attached to an aromatic ring is 1. The quantitative estimate of drug-likeness (QED) is 0.829. The number of nitrogens with two attached hydrogens (primary N) is 1. The molecular formula is C13H9BrF2N2O. The Morgan fingerprint density at radius 1 is 1.21 bits per heavy atom. The monoisotopic (exact) mass is 326 g/mol. The number of amides is 1. The molecule has 2 rings (SSSR count). The highest BCUT2D eigenvalue weighted by atomic mass is 79.9. The molecule has 3 N–H and O–H groups in total. The van der Waals surface area contributed by atoms with Crippen LogP contribution in [0, 0.1) is 11.6 Å². The van der Waals surface area contributed by atoms with Crippen molar-refractivity contribution in [3.8, 4) is 0 Å². The Bertz CT molecular complexity index is 647. The maximum Gasteiger partial charge on any atom is 0.256 e. The molecule has 0 heterocycles. The maximum atomic E-state index is 13.4. The predicted octanol–water partition coefficient (Wildman–Crippen LogP) is 3.56. The number of hydrogen-bond acceptors (Lipinski definition) is 2. The van der Waals surface area contributed by atoms with Crippen molar-refractivity contribution in [3.63, 3.8) is 0 Å². The van der Waals surface area contributed by atoms with E-state index in [1.165, 1.54) is 6.07 Å². The first-order valence-corrected chi connectivity index (χ1v) is 6.08. The minimum Gasteiger partial charge on any atom is -0.398 e. The topological polar surface area (TPSA) is 55.1 Å². The summed E-state index contributed by atoms with van der Waals surface area (Å²) in [4.78, 5) is 12.0. The molecule has 0 saturated carbocycles. The molecule has 0 aliphatic rings. The summed E-state index contributed by atoms with van der Waals surface area (Å²) in [5.41, 5.74) is 6.22. The Hall–Kier alpha value is -1.95. The Morgan fingerprint density at radius 3 is 2.63 bits per heavy atom. The average Bonchev–Trinajstić information content (AvgIpc) is 2.36. The molecule has 0 aliphatic carbocycles. The highest BCUT2D eigenvalue weighted by Gasteiger charge is 2.14. The number of carbonyl (C=O) groups excluding carboxylic acids is 1. The molecule has 3 nitrogen and oxygen atoms in total. The van der Waals surface area contributed by atoms with E-state index in [4.69, 9.17) is 5.73 Å². The zero-order valence-electron chi connectivity index (χ0n) is 9.58. The van der Waals surface area contributed by atoms with Gasteiger partial charge in [0.25, 0.3) is 5.91 Å². The predicted molar refractivity (Wildman–Crippen MR) is 72.9 cm³/mol. The second-order valence-corrected chi connectivity index (χ2v) is 4.58. The standard InChI is InChI=1S/C13H9BrF2N2O/c14-12-8(2-1-3-10(12)17)13(19)18-11-5-4-7(15)6-9(11)16/h1-6H,17H2,(H,18,19). The molecule has 0 spiro atoms. The lowest BCUT2D eigenvalue weighted by molar-refractivity contribution is 0.102. The van der Waals surface area contributed by atoms with Crippen LogP contribution in [0.5, 0.6) is 0 Å². The highest BCUT2D eigenvalue weighted by Crippen LogP contribution is 2.25. The van der Waals surface area contributed by atoms with Crippen molar-refractivity contribution in [2.75, 3.05) is 11.1 Å². The third-order valence-electron chi connectivity index (χ3n) is 2.45. The van der Waals surface area contributed by atoms with Crippen LogP contribution < -0.4 is 11.1 Å². The van der Waals surface area contributed by atoms with Crippen molar-refractivity contribution in [2.24, 2.45) is 0 Å². The van der Waals surface area contributed by atoms with Crippen LogP contribution >= 0.6 is 15.9 Å². The lowest BCUT2D eigenvalue weighted by atomic mass is 10.2. The van der Waals surface area contributed by atoms with Crippen molar-refractivity contribution in [3.05, 3.63) is 58.1 Å². The first kappa shape index (κ1) is 13.5. The minimum absolute atomic E-state index is 0.0966. The van der Waals surface area contributed by atoms with E-state index in [0.29, 0.717) is 16.2 Å². The lowest BCUT2D eigenvalue weighted by Crippen LogP contribution is -2.14. The lowest BCUT2D eigenvalue weighted by Gasteiger charge is -2.09. The van der Waals surface area contributed by atoms with Crippen LogP contribution in [0.25, 0.3) is 0 Å². The van der Waals surface area contributed by atoms with E-state index in [0.717, 1.165) is 12.1 Å². The molecule has 0 aromatic heterocycles. The van der Waals surface area contributed by atoms with Gasteiger partial charge in [0.15, 0.2) is 0 Å². The largest absolute Gasteiger partial charge is 0.398 e. The Balaban J connectivity index is 2.28. The number of anilines is 2. The third kappa shape index (κ3) is 2.90. The van der Waals surface area contributed by atoms with Gasteiger partial charge >= 0.3 is 0 Å².